The molecule has 0 bridgehead atoms. The van der Waals surface area contributed by atoms with E-state index in [4.69, 9.17) is 8.92 Å². The average molecular weight is 242 g/mol. The fourth-order valence-corrected chi connectivity index (χ4v) is 2.23. The maximum atomic E-state index is 11.9. The van der Waals surface area contributed by atoms with E-state index in [0.29, 0.717) is 4.90 Å². The summed E-state index contributed by atoms with van der Waals surface area (Å²) in [5.41, 5.74) is 0.532. The number of ether oxygens (including phenoxy) is 1. The Morgan fingerprint density at radius 3 is 2.31 bits per heavy atom. The van der Waals surface area contributed by atoms with Gasteiger partial charge in [-0.25, -0.2) is 4.21 Å². The van der Waals surface area contributed by atoms with Gasteiger partial charge in [-0.05, 0) is 51.5 Å². The van der Waals surface area contributed by atoms with Crippen molar-refractivity contribution in [3.05, 3.63) is 23.8 Å². The molecule has 0 heterocycles. The second-order valence-corrected chi connectivity index (χ2v) is 5.67. The Morgan fingerprint density at radius 1 is 1.25 bits per heavy atom. The fraction of sp³-hybridized carbons (Fsp3) is 0.500. The van der Waals surface area contributed by atoms with Crippen molar-refractivity contribution in [3.63, 3.8) is 0 Å². The number of benzene rings is 1. The summed E-state index contributed by atoms with van der Waals surface area (Å²) >= 11 is -1.43. The lowest BCUT2D eigenvalue weighted by Crippen LogP contribution is -2.20. The molecule has 1 atom stereocenters. The van der Waals surface area contributed by atoms with Crippen LogP contribution in [0.5, 0.6) is 5.75 Å². The van der Waals surface area contributed by atoms with E-state index in [1.807, 2.05) is 33.8 Å². The van der Waals surface area contributed by atoms with E-state index in [-0.39, 0.29) is 0 Å². The molecule has 0 aromatic heterocycles. The van der Waals surface area contributed by atoms with E-state index >= 15 is 0 Å². The Labute approximate surface area is 99.4 Å². The largest absolute Gasteiger partial charge is 0.496 e. The Bertz CT molecular complexity index is 394. The summed E-state index contributed by atoms with van der Waals surface area (Å²) in [5, 5.41) is 0. The minimum absolute atomic E-state index is 0.418. The van der Waals surface area contributed by atoms with Gasteiger partial charge in [0, 0.05) is 0 Å². The molecule has 16 heavy (non-hydrogen) atoms. The molecule has 1 unspecified atom stereocenters. The van der Waals surface area contributed by atoms with Crippen LogP contribution in [0.25, 0.3) is 0 Å². The molecule has 0 spiro atoms. The normalized spacial score (nSPS) is 13.6. The van der Waals surface area contributed by atoms with Crippen LogP contribution in [-0.4, -0.2) is 16.9 Å². The molecule has 3 nitrogen and oxygen atoms in total. The van der Waals surface area contributed by atoms with E-state index < -0.39 is 16.7 Å². The molecule has 4 heteroatoms. The van der Waals surface area contributed by atoms with Crippen molar-refractivity contribution in [1.29, 1.82) is 0 Å². The molecule has 0 aliphatic rings. The Balaban J connectivity index is 2.89. The number of aryl methyl sites for hydroxylation is 1. The summed E-state index contributed by atoms with van der Waals surface area (Å²) < 4.78 is 22.4. The van der Waals surface area contributed by atoms with Crippen LogP contribution in [0.1, 0.15) is 26.3 Å². The van der Waals surface area contributed by atoms with Crippen LogP contribution in [0, 0.1) is 6.92 Å². The van der Waals surface area contributed by atoms with Crippen LogP contribution in [0.15, 0.2) is 23.1 Å². The fourth-order valence-electron chi connectivity index (χ4n) is 1.23. The summed E-state index contributed by atoms with van der Waals surface area (Å²) in [7, 11) is 1.62. The van der Waals surface area contributed by atoms with E-state index in [2.05, 4.69) is 0 Å². The van der Waals surface area contributed by atoms with Crippen molar-refractivity contribution in [1.82, 2.24) is 0 Å². The van der Waals surface area contributed by atoms with Crippen molar-refractivity contribution in [2.75, 3.05) is 7.11 Å². The third-order valence-electron chi connectivity index (χ3n) is 1.88. The Morgan fingerprint density at radius 2 is 1.88 bits per heavy atom. The van der Waals surface area contributed by atoms with E-state index in [0.717, 1.165) is 11.3 Å². The van der Waals surface area contributed by atoms with Crippen LogP contribution in [0.2, 0.25) is 0 Å². The molecule has 0 aliphatic heterocycles. The van der Waals surface area contributed by atoms with Gasteiger partial charge in [-0.2, -0.15) is 0 Å². The minimum atomic E-state index is -1.43. The lowest BCUT2D eigenvalue weighted by Gasteiger charge is -2.18. The standard InChI is InChI=1S/C12H18O3S/c1-9-8-10(6-7-11(9)14-5)16(13)15-12(2,3)4/h6-8H,1-5H3. The molecule has 0 saturated carbocycles. The summed E-state index contributed by atoms with van der Waals surface area (Å²) in [6.07, 6.45) is 0. The molecular weight excluding hydrogens is 224 g/mol. The van der Waals surface area contributed by atoms with Crippen LogP contribution < -0.4 is 4.74 Å². The van der Waals surface area contributed by atoms with Crippen LogP contribution in [0.3, 0.4) is 0 Å². The van der Waals surface area contributed by atoms with Crippen LogP contribution in [0.4, 0.5) is 0 Å². The van der Waals surface area contributed by atoms with E-state index in [1.165, 1.54) is 0 Å². The first kappa shape index (κ1) is 13.2. The van der Waals surface area contributed by atoms with Gasteiger partial charge in [-0.3, -0.25) is 4.18 Å². The van der Waals surface area contributed by atoms with Gasteiger partial charge in [0.05, 0.1) is 17.6 Å². The zero-order chi connectivity index (χ0) is 12.3. The third-order valence-corrected chi connectivity index (χ3v) is 3.17. The van der Waals surface area contributed by atoms with Gasteiger partial charge in [0.25, 0.3) is 0 Å². The molecule has 0 saturated heterocycles. The van der Waals surface area contributed by atoms with Crippen molar-refractivity contribution in [3.8, 4) is 5.75 Å². The first-order chi connectivity index (χ1) is 7.33. The SMILES string of the molecule is COc1ccc(S(=O)OC(C)(C)C)cc1C. The highest BCUT2D eigenvalue weighted by Gasteiger charge is 2.17. The van der Waals surface area contributed by atoms with E-state index in [1.54, 1.807) is 19.2 Å². The lowest BCUT2D eigenvalue weighted by atomic mass is 10.2. The smallest absolute Gasteiger partial charge is 0.189 e. The van der Waals surface area contributed by atoms with Crippen molar-refractivity contribution in [2.45, 2.75) is 38.2 Å². The highest BCUT2D eigenvalue weighted by atomic mass is 32.2. The summed E-state index contributed by atoms with van der Waals surface area (Å²) in [6.45, 7) is 7.54. The van der Waals surface area contributed by atoms with Crippen LogP contribution >= 0.6 is 0 Å². The molecule has 1 aromatic rings. The molecule has 1 aromatic carbocycles. The van der Waals surface area contributed by atoms with Crippen molar-refractivity contribution < 1.29 is 13.1 Å². The Hall–Kier alpha value is -0.870. The van der Waals surface area contributed by atoms with Gasteiger partial charge in [0.2, 0.25) is 0 Å². The highest BCUT2D eigenvalue weighted by Crippen LogP contribution is 2.22. The van der Waals surface area contributed by atoms with Gasteiger partial charge in [-0.15, -0.1) is 0 Å². The zero-order valence-electron chi connectivity index (χ0n) is 10.4. The number of hydrogen-bond acceptors (Lipinski definition) is 3. The average Bonchev–Trinajstić information content (AvgIpc) is 2.15. The maximum Gasteiger partial charge on any atom is 0.189 e. The molecule has 0 amide bonds. The molecule has 1 rings (SSSR count). The topological polar surface area (TPSA) is 35.5 Å². The molecule has 90 valence electrons. The van der Waals surface area contributed by atoms with Gasteiger partial charge < -0.3 is 4.74 Å². The van der Waals surface area contributed by atoms with Crippen LogP contribution in [-0.2, 0) is 15.3 Å². The maximum absolute atomic E-state index is 11.9. The molecule has 0 radical (unpaired) electrons. The predicted octanol–water partition coefficient (Wildman–Crippen LogP) is 2.84. The van der Waals surface area contributed by atoms with Gasteiger partial charge in [-0.1, -0.05) is 0 Å². The van der Waals surface area contributed by atoms with Gasteiger partial charge in [0.1, 0.15) is 5.75 Å². The van der Waals surface area contributed by atoms with E-state index in [9.17, 15) is 4.21 Å². The summed E-state index contributed by atoms with van der Waals surface area (Å²) in [4.78, 5) is 0.660. The van der Waals surface area contributed by atoms with Crippen molar-refractivity contribution >= 4 is 11.1 Å². The first-order valence-electron chi connectivity index (χ1n) is 5.09. The predicted molar refractivity (Wildman–Crippen MR) is 65.0 cm³/mol. The summed E-state index contributed by atoms with van der Waals surface area (Å²) in [5.74, 6) is 0.788. The molecular formula is C12H18O3S. The number of rotatable bonds is 3. The quantitative estimate of drug-likeness (QED) is 0.817. The zero-order valence-corrected chi connectivity index (χ0v) is 11.2. The van der Waals surface area contributed by atoms with Gasteiger partial charge in [0.15, 0.2) is 11.1 Å². The number of methoxy groups -OCH3 is 1. The van der Waals surface area contributed by atoms with Gasteiger partial charge >= 0.3 is 0 Å². The molecule has 0 aliphatic carbocycles. The second-order valence-electron chi connectivity index (χ2n) is 4.56. The molecule has 0 N–H and O–H groups in total. The second kappa shape index (κ2) is 4.97. The monoisotopic (exact) mass is 242 g/mol. The number of hydrogen-bond donors (Lipinski definition) is 0. The molecule has 0 fully saturated rings. The Kier molecular flexibility index (Phi) is 4.10. The summed E-state index contributed by atoms with van der Waals surface area (Å²) in [6, 6.07) is 5.38. The van der Waals surface area contributed by atoms with Crippen molar-refractivity contribution in [2.24, 2.45) is 0 Å². The minimum Gasteiger partial charge on any atom is -0.496 e. The lowest BCUT2D eigenvalue weighted by molar-refractivity contribution is 0.152. The third kappa shape index (κ3) is 3.61. The highest BCUT2D eigenvalue weighted by molar-refractivity contribution is 7.80. The first-order valence-corrected chi connectivity index (χ1v) is 6.17.